The van der Waals surface area contributed by atoms with Gasteiger partial charge in [-0.25, -0.2) is 0 Å². The molecule has 1 amide bonds. The predicted molar refractivity (Wildman–Crippen MR) is 48.8 cm³/mol. The van der Waals surface area contributed by atoms with E-state index in [1.54, 1.807) is 0 Å². The van der Waals surface area contributed by atoms with Crippen LogP contribution in [0.15, 0.2) is 6.07 Å². The van der Waals surface area contributed by atoms with Crippen molar-refractivity contribution < 1.29 is 9.72 Å². The van der Waals surface area contributed by atoms with Gasteiger partial charge in [0.2, 0.25) is 0 Å². The maximum atomic E-state index is 10.8. The average molecular weight is 211 g/mol. The Morgan fingerprint density at radius 3 is 2.79 bits per heavy atom. The zero-order valence-corrected chi connectivity index (χ0v) is 7.71. The Bertz CT molecular complexity index is 400. The largest absolute Gasteiger partial charge is 0.365 e. The number of hydrogen-bond donors (Lipinski definition) is 1. The van der Waals surface area contributed by atoms with Crippen LogP contribution in [0.2, 0.25) is 0 Å². The molecule has 14 heavy (non-hydrogen) atoms. The molecule has 0 unspecified atom stereocenters. The van der Waals surface area contributed by atoms with Crippen LogP contribution >= 0.6 is 11.3 Å². The number of rotatable bonds is 3. The minimum atomic E-state index is -0.850. The second-order valence-corrected chi connectivity index (χ2v) is 3.50. The summed E-state index contributed by atoms with van der Waals surface area (Å²) in [7, 11) is 0. The molecule has 0 radical (unpaired) electrons. The first-order valence-corrected chi connectivity index (χ1v) is 4.31. The van der Waals surface area contributed by atoms with Crippen LogP contribution in [0.3, 0.4) is 0 Å². The smallest absolute Gasteiger partial charge is 0.337 e. The first kappa shape index (κ1) is 10.1. The Morgan fingerprint density at radius 2 is 2.43 bits per heavy atom. The molecule has 0 aliphatic carbocycles. The summed E-state index contributed by atoms with van der Waals surface area (Å²) in [5.41, 5.74) is 4.81. The van der Waals surface area contributed by atoms with Crippen molar-refractivity contribution in [2.75, 3.05) is 0 Å². The molecule has 7 heteroatoms. The third-order valence-electron chi connectivity index (χ3n) is 1.45. The summed E-state index contributed by atoms with van der Waals surface area (Å²) in [5, 5.41) is 18.5. The molecule has 0 aromatic carbocycles. The summed E-state index contributed by atoms with van der Waals surface area (Å²) >= 11 is 0.798. The van der Waals surface area contributed by atoms with Crippen LogP contribution in [0, 0.1) is 21.4 Å². The fraction of sp³-hybridized carbons (Fsp3) is 0.143. The fourth-order valence-electron chi connectivity index (χ4n) is 0.909. The Hall–Kier alpha value is -1.94. The van der Waals surface area contributed by atoms with Gasteiger partial charge in [0.1, 0.15) is 5.56 Å². The molecule has 0 aliphatic rings. The zero-order chi connectivity index (χ0) is 10.7. The molecule has 1 aromatic rings. The molecular weight excluding hydrogens is 206 g/mol. The molecule has 0 saturated heterocycles. The van der Waals surface area contributed by atoms with Crippen LogP contribution in [0.4, 0.5) is 5.00 Å². The quantitative estimate of drug-likeness (QED) is 0.589. The summed E-state index contributed by atoms with van der Waals surface area (Å²) < 4.78 is 0. The molecule has 0 atom stereocenters. The maximum absolute atomic E-state index is 10.8. The van der Waals surface area contributed by atoms with Gasteiger partial charge < -0.3 is 5.73 Å². The molecule has 72 valence electrons. The highest BCUT2D eigenvalue weighted by Crippen LogP contribution is 2.29. The highest BCUT2D eigenvalue weighted by molar-refractivity contribution is 7.15. The fourth-order valence-corrected chi connectivity index (χ4v) is 1.81. The third kappa shape index (κ3) is 1.86. The molecule has 1 heterocycles. The van der Waals surface area contributed by atoms with Crippen LogP contribution in [-0.4, -0.2) is 10.8 Å². The lowest BCUT2D eigenvalue weighted by molar-refractivity contribution is -0.380. The van der Waals surface area contributed by atoms with Gasteiger partial charge >= 0.3 is 5.00 Å². The standard InChI is InChI=1S/C7H5N3O3S/c8-2-1-4-3-5(6(9)11)7(14-4)10(12)13/h3H,1H2,(H2,9,11). The van der Waals surface area contributed by atoms with Crippen molar-refractivity contribution in [3.63, 3.8) is 0 Å². The summed E-state index contributed by atoms with van der Waals surface area (Å²) in [6.45, 7) is 0. The second-order valence-electron chi connectivity index (χ2n) is 2.39. The number of nitrogens with zero attached hydrogens (tertiary/aromatic N) is 2. The first-order valence-electron chi connectivity index (χ1n) is 3.50. The van der Waals surface area contributed by atoms with Gasteiger partial charge in [-0.2, -0.15) is 5.26 Å². The molecule has 0 saturated carbocycles. The van der Waals surface area contributed by atoms with Gasteiger partial charge in [0.15, 0.2) is 0 Å². The van der Waals surface area contributed by atoms with Gasteiger partial charge in [-0.05, 0) is 6.07 Å². The number of nitro groups is 1. The van der Waals surface area contributed by atoms with Crippen molar-refractivity contribution in [3.8, 4) is 6.07 Å². The van der Waals surface area contributed by atoms with Crippen LogP contribution in [0.1, 0.15) is 15.2 Å². The second kappa shape index (κ2) is 3.85. The number of nitriles is 1. The van der Waals surface area contributed by atoms with E-state index in [0.717, 1.165) is 11.3 Å². The molecule has 1 aromatic heterocycles. The number of carbonyl (C=O) groups is 1. The van der Waals surface area contributed by atoms with E-state index in [4.69, 9.17) is 11.0 Å². The number of thiophene rings is 1. The SMILES string of the molecule is N#CCc1cc(C(N)=O)c([N+](=O)[O-])s1. The third-order valence-corrected chi connectivity index (χ3v) is 2.53. The molecule has 0 bridgehead atoms. The van der Waals surface area contributed by atoms with Crippen molar-refractivity contribution in [1.82, 2.24) is 0 Å². The van der Waals surface area contributed by atoms with Crippen molar-refractivity contribution in [2.24, 2.45) is 5.73 Å². The van der Waals surface area contributed by atoms with E-state index in [1.807, 2.05) is 6.07 Å². The summed E-state index contributed by atoms with van der Waals surface area (Å²) in [4.78, 5) is 21.0. The van der Waals surface area contributed by atoms with Crippen molar-refractivity contribution in [1.29, 1.82) is 5.26 Å². The van der Waals surface area contributed by atoms with Gasteiger partial charge in [-0.15, -0.1) is 0 Å². The molecule has 6 nitrogen and oxygen atoms in total. The first-order chi connectivity index (χ1) is 6.56. The lowest BCUT2D eigenvalue weighted by Gasteiger charge is -1.87. The highest BCUT2D eigenvalue weighted by atomic mass is 32.1. The summed E-state index contributed by atoms with van der Waals surface area (Å²) in [5.74, 6) is -0.850. The van der Waals surface area contributed by atoms with Gasteiger partial charge in [-0.1, -0.05) is 11.3 Å². The normalized spacial score (nSPS) is 9.36. The highest BCUT2D eigenvalue weighted by Gasteiger charge is 2.22. The van der Waals surface area contributed by atoms with Crippen molar-refractivity contribution in [3.05, 3.63) is 26.6 Å². The van der Waals surface area contributed by atoms with Crippen LogP contribution < -0.4 is 5.73 Å². The van der Waals surface area contributed by atoms with Gasteiger partial charge in [0, 0.05) is 4.88 Å². The predicted octanol–water partition coefficient (Wildman–Crippen LogP) is 0.821. The van der Waals surface area contributed by atoms with Crippen LogP contribution in [-0.2, 0) is 6.42 Å². The van der Waals surface area contributed by atoms with Crippen LogP contribution in [0.5, 0.6) is 0 Å². The monoisotopic (exact) mass is 211 g/mol. The van der Waals surface area contributed by atoms with E-state index in [1.165, 1.54) is 6.07 Å². The average Bonchev–Trinajstić information content (AvgIpc) is 2.49. The number of hydrogen-bond acceptors (Lipinski definition) is 5. The lowest BCUT2D eigenvalue weighted by Crippen LogP contribution is -2.11. The topological polar surface area (TPSA) is 110 Å². The molecular formula is C7H5N3O3S. The summed E-state index contributed by atoms with van der Waals surface area (Å²) in [6.07, 6.45) is 0.0405. The van der Waals surface area contributed by atoms with Gasteiger partial charge in [0.25, 0.3) is 5.91 Å². The van der Waals surface area contributed by atoms with Crippen molar-refractivity contribution in [2.45, 2.75) is 6.42 Å². The Balaban J connectivity index is 3.20. The number of amides is 1. The molecule has 0 aliphatic heterocycles. The van der Waals surface area contributed by atoms with E-state index in [9.17, 15) is 14.9 Å². The minimum Gasteiger partial charge on any atom is -0.365 e. The Morgan fingerprint density at radius 1 is 1.79 bits per heavy atom. The molecule has 1 rings (SSSR count). The van der Waals surface area contributed by atoms with E-state index in [2.05, 4.69) is 0 Å². The zero-order valence-electron chi connectivity index (χ0n) is 6.89. The number of carbonyl (C=O) groups excluding carboxylic acids is 1. The minimum absolute atomic E-state index is 0.0405. The van der Waals surface area contributed by atoms with E-state index in [0.29, 0.717) is 4.88 Å². The van der Waals surface area contributed by atoms with Gasteiger partial charge in [-0.3, -0.25) is 14.9 Å². The molecule has 0 fully saturated rings. The van der Waals surface area contributed by atoms with E-state index in [-0.39, 0.29) is 17.0 Å². The summed E-state index contributed by atoms with van der Waals surface area (Å²) in [6, 6.07) is 3.12. The number of nitrogens with two attached hydrogens (primary N) is 1. The lowest BCUT2D eigenvalue weighted by atomic mass is 10.2. The van der Waals surface area contributed by atoms with E-state index >= 15 is 0 Å². The Kier molecular flexibility index (Phi) is 2.79. The molecule has 0 spiro atoms. The van der Waals surface area contributed by atoms with Gasteiger partial charge in [0.05, 0.1) is 17.4 Å². The van der Waals surface area contributed by atoms with Crippen molar-refractivity contribution >= 4 is 22.2 Å². The maximum Gasteiger partial charge on any atom is 0.337 e. The Labute approximate surface area is 82.7 Å². The number of primary amides is 1. The molecule has 2 N–H and O–H groups in total. The van der Waals surface area contributed by atoms with E-state index < -0.39 is 10.8 Å². The van der Waals surface area contributed by atoms with Crippen LogP contribution in [0.25, 0.3) is 0 Å².